The highest BCUT2D eigenvalue weighted by Crippen LogP contribution is 2.38. The highest BCUT2D eigenvalue weighted by Gasteiger charge is 2.20. The fourth-order valence-corrected chi connectivity index (χ4v) is 3.38. The van der Waals surface area contributed by atoms with Crippen molar-refractivity contribution in [3.8, 4) is 22.4 Å². The maximum atomic E-state index is 5.79. The van der Waals surface area contributed by atoms with Crippen LogP contribution in [0.4, 0.5) is 0 Å². The van der Waals surface area contributed by atoms with Crippen LogP contribution >= 0.6 is 0 Å². The molecule has 0 bridgehead atoms. The van der Waals surface area contributed by atoms with Gasteiger partial charge in [-0.25, -0.2) is 9.48 Å². The lowest BCUT2D eigenvalue weighted by Crippen LogP contribution is -2.38. The first kappa shape index (κ1) is 33.3. The minimum atomic E-state index is 0. The lowest BCUT2D eigenvalue weighted by Gasteiger charge is -2.09. The van der Waals surface area contributed by atoms with Crippen LogP contribution in [0, 0.1) is 0 Å². The summed E-state index contributed by atoms with van der Waals surface area (Å²) in [6, 6.07) is 15.7. The molecule has 180 valence electrons. The number of rotatable bonds is 2. The summed E-state index contributed by atoms with van der Waals surface area (Å²) in [5.74, 6) is 0. The van der Waals surface area contributed by atoms with E-state index in [4.69, 9.17) is 4.84 Å². The highest BCUT2D eigenvalue weighted by molar-refractivity contribution is 5.79. The fourth-order valence-electron chi connectivity index (χ4n) is 3.38. The van der Waals surface area contributed by atoms with Gasteiger partial charge in [0.1, 0.15) is 5.69 Å². The fraction of sp³-hybridized carbons (Fsp3) is 0.250. The minimum absolute atomic E-state index is 0. The van der Waals surface area contributed by atoms with E-state index in [1.54, 1.807) is 6.20 Å². The normalized spacial score (nSPS) is 9.50. The third-order valence-electron chi connectivity index (χ3n) is 4.50. The van der Waals surface area contributed by atoms with Crippen LogP contribution in [0.15, 0.2) is 48.7 Å². The predicted molar refractivity (Wildman–Crippen MR) is 123 cm³/mol. The van der Waals surface area contributed by atoms with E-state index in [1.165, 1.54) is 27.1 Å². The lowest BCUT2D eigenvalue weighted by atomic mass is 10.0. The number of benzene rings is 2. The monoisotopic (exact) mass is 456 g/mol. The molecule has 32 heavy (non-hydrogen) atoms. The van der Waals surface area contributed by atoms with Crippen LogP contribution in [0.5, 0.6) is 0 Å². The molecule has 12 nitrogen and oxygen atoms in total. The Kier molecular flexibility index (Phi) is 13.6. The molecule has 0 unspecified atom stereocenters. The Labute approximate surface area is 185 Å². The lowest BCUT2D eigenvalue weighted by molar-refractivity contribution is -0.480. The second kappa shape index (κ2) is 13.1. The van der Waals surface area contributed by atoms with E-state index in [-0.39, 0.29) is 32.9 Å². The molecule has 1 heterocycles. The van der Waals surface area contributed by atoms with Crippen molar-refractivity contribution >= 4 is 6.02 Å². The number of hydrogen-bond acceptors (Lipinski definition) is 3. The molecule has 0 aliphatic heterocycles. The number of nitrogens with zero attached hydrogens (tertiary/aromatic N) is 5. The van der Waals surface area contributed by atoms with E-state index in [0.29, 0.717) is 6.02 Å². The van der Waals surface area contributed by atoms with Gasteiger partial charge in [-0.2, -0.15) is 0 Å². The number of aromatic nitrogens is 3. The molecule has 0 radical (unpaired) electrons. The molecule has 4 rings (SSSR count). The van der Waals surface area contributed by atoms with Crippen molar-refractivity contribution in [2.45, 2.75) is 6.42 Å². The molecular formula is C20H34N5O7+. The zero-order valence-corrected chi connectivity index (χ0v) is 18.5. The Morgan fingerprint density at radius 2 is 1.53 bits per heavy atom. The van der Waals surface area contributed by atoms with Gasteiger partial charge in [0.2, 0.25) is 0 Å². The third kappa shape index (κ3) is 6.07. The Morgan fingerprint density at radius 1 is 0.906 bits per heavy atom. The van der Waals surface area contributed by atoms with Gasteiger partial charge < -0.3 is 32.9 Å². The summed E-state index contributed by atoms with van der Waals surface area (Å²) < 4.78 is 1.88. The molecule has 0 atom stereocenters. The summed E-state index contributed by atoms with van der Waals surface area (Å²) in [5, 5.41) is 8.37. The van der Waals surface area contributed by atoms with E-state index in [0.717, 1.165) is 17.7 Å². The molecule has 1 aliphatic carbocycles. The molecular weight excluding hydrogens is 422 g/mol. The van der Waals surface area contributed by atoms with Gasteiger partial charge in [0.15, 0.2) is 0 Å². The first-order valence-electron chi connectivity index (χ1n) is 8.57. The van der Waals surface area contributed by atoms with Gasteiger partial charge in [0, 0.05) is 5.56 Å². The molecule has 2 aromatic carbocycles. The maximum absolute atomic E-state index is 5.79. The SMILES string of the molecule is CN(C)C(On1cc(-c2ccc3c(c2)Cc2ccccc2-3)nn1)=[N+](C)C.O.O.O.O.O.O. The highest BCUT2D eigenvalue weighted by atomic mass is 16.7. The van der Waals surface area contributed by atoms with Crippen molar-refractivity contribution in [1.82, 2.24) is 20.1 Å². The Bertz CT molecular complexity index is 1020. The molecule has 1 aromatic heterocycles. The average Bonchev–Trinajstić information content (AvgIpc) is 3.22. The summed E-state index contributed by atoms with van der Waals surface area (Å²) in [5.41, 5.74) is 7.18. The maximum Gasteiger partial charge on any atom is 0.471 e. The van der Waals surface area contributed by atoms with Gasteiger partial charge in [-0.1, -0.05) is 41.2 Å². The number of amidine groups is 1. The molecule has 0 fully saturated rings. The summed E-state index contributed by atoms with van der Waals surface area (Å²) in [7, 11) is 7.69. The zero-order chi connectivity index (χ0) is 18.3. The van der Waals surface area contributed by atoms with E-state index in [1.807, 2.05) is 37.7 Å². The predicted octanol–water partition coefficient (Wildman–Crippen LogP) is -2.81. The van der Waals surface area contributed by atoms with Crippen LogP contribution in [0.3, 0.4) is 0 Å². The summed E-state index contributed by atoms with van der Waals surface area (Å²) >= 11 is 0. The third-order valence-corrected chi connectivity index (χ3v) is 4.50. The first-order chi connectivity index (χ1) is 12.5. The number of fused-ring (bicyclic) bond motifs is 3. The average molecular weight is 457 g/mol. The second-order valence-electron chi connectivity index (χ2n) is 6.87. The van der Waals surface area contributed by atoms with E-state index >= 15 is 0 Å². The van der Waals surface area contributed by atoms with Crippen LogP contribution in [-0.4, -0.2) is 91.7 Å². The molecule has 12 heteroatoms. The van der Waals surface area contributed by atoms with Crippen molar-refractivity contribution in [2.24, 2.45) is 0 Å². The summed E-state index contributed by atoms with van der Waals surface area (Å²) in [6.45, 7) is 0. The molecule has 0 amide bonds. The molecule has 3 aromatic rings. The Balaban J connectivity index is -0.00000140. The smallest absolute Gasteiger partial charge is 0.412 e. The zero-order valence-electron chi connectivity index (χ0n) is 18.5. The van der Waals surface area contributed by atoms with Crippen molar-refractivity contribution in [1.29, 1.82) is 0 Å². The van der Waals surface area contributed by atoms with Crippen molar-refractivity contribution in [3.63, 3.8) is 0 Å². The van der Waals surface area contributed by atoms with Crippen molar-refractivity contribution in [3.05, 3.63) is 59.8 Å². The van der Waals surface area contributed by atoms with Gasteiger partial charge in [-0.3, -0.25) is 4.84 Å². The standard InChI is InChI=1S/C20H22N5O.6H2O/c1-23(2)20(24(3)4)26-25-13-19(21-22-25)15-9-10-18-16(12-15)11-14-7-5-6-8-17(14)18;;;;;;/h5-10,12-13H,11H2,1-4H3;6*1H2/q+1;;;;;;. The van der Waals surface area contributed by atoms with E-state index in [9.17, 15) is 0 Å². The van der Waals surface area contributed by atoms with Crippen LogP contribution in [0.25, 0.3) is 22.4 Å². The topological polar surface area (TPSA) is 235 Å². The van der Waals surface area contributed by atoms with Gasteiger partial charge in [-0.05, 0) is 40.0 Å². The van der Waals surface area contributed by atoms with Gasteiger partial charge in [-0.15, -0.1) is 5.10 Å². The molecule has 0 spiro atoms. The largest absolute Gasteiger partial charge is 0.471 e. The molecule has 0 saturated carbocycles. The van der Waals surface area contributed by atoms with Crippen LogP contribution in [0.1, 0.15) is 11.1 Å². The van der Waals surface area contributed by atoms with Gasteiger partial charge >= 0.3 is 6.02 Å². The van der Waals surface area contributed by atoms with E-state index in [2.05, 4.69) is 52.8 Å². The Hall–Kier alpha value is -3.39. The van der Waals surface area contributed by atoms with Crippen LogP contribution < -0.4 is 4.84 Å². The van der Waals surface area contributed by atoms with Gasteiger partial charge in [0.25, 0.3) is 0 Å². The molecule has 0 saturated heterocycles. The van der Waals surface area contributed by atoms with Crippen molar-refractivity contribution in [2.75, 3.05) is 28.2 Å². The second-order valence-corrected chi connectivity index (χ2v) is 6.87. The van der Waals surface area contributed by atoms with Crippen LogP contribution in [-0.2, 0) is 6.42 Å². The minimum Gasteiger partial charge on any atom is -0.412 e. The van der Waals surface area contributed by atoms with E-state index < -0.39 is 0 Å². The summed E-state index contributed by atoms with van der Waals surface area (Å²) in [6.07, 6.45) is 2.76. The molecule has 1 aliphatic rings. The van der Waals surface area contributed by atoms with Crippen LogP contribution in [0.2, 0.25) is 0 Å². The van der Waals surface area contributed by atoms with Crippen molar-refractivity contribution < 1.29 is 42.3 Å². The first-order valence-corrected chi connectivity index (χ1v) is 8.57. The Morgan fingerprint density at radius 3 is 2.16 bits per heavy atom. The number of hydrogen-bond donors (Lipinski definition) is 0. The molecule has 12 N–H and O–H groups in total. The quantitative estimate of drug-likeness (QED) is 0.176. The summed E-state index contributed by atoms with van der Waals surface area (Å²) in [4.78, 5) is 9.07. The van der Waals surface area contributed by atoms with Gasteiger partial charge in [0.05, 0.1) is 34.4 Å².